The lowest BCUT2D eigenvalue weighted by molar-refractivity contribution is -0.136. The molecule has 10 nitrogen and oxygen atoms in total. The number of carbonyl (C=O) groups excluding carboxylic acids is 2. The fraction of sp³-hybridized carbons (Fsp3) is 0.800. The normalized spacial score (nSPS) is 20.9. The molecule has 198 valence electrons. The highest BCUT2D eigenvalue weighted by Gasteiger charge is 2.32. The zero-order chi connectivity index (χ0) is 25.4. The number of rotatable bonds is 11. The number of β-amino-alcohol motifs (C(OH)–C–C–N with tert-alkyl or cyclic N) is 1. The van der Waals surface area contributed by atoms with Crippen molar-refractivity contribution >= 4 is 11.8 Å². The first-order valence-corrected chi connectivity index (χ1v) is 13.1. The van der Waals surface area contributed by atoms with Gasteiger partial charge in [0.05, 0.1) is 31.3 Å². The maximum absolute atomic E-state index is 13.0. The predicted octanol–water partition coefficient (Wildman–Crippen LogP) is 1.30. The van der Waals surface area contributed by atoms with Crippen LogP contribution in [0.25, 0.3) is 0 Å². The molecule has 2 aliphatic rings. The summed E-state index contributed by atoms with van der Waals surface area (Å²) in [5.74, 6) is 0.345. The zero-order valence-electron chi connectivity index (χ0n) is 21.8. The van der Waals surface area contributed by atoms with Gasteiger partial charge in [-0.2, -0.15) is 0 Å². The molecule has 0 spiro atoms. The van der Waals surface area contributed by atoms with Crippen molar-refractivity contribution in [2.45, 2.75) is 59.3 Å². The molecule has 10 heteroatoms. The Bertz CT molecular complexity index is 804. The monoisotopic (exact) mass is 493 g/mol. The number of hydrogen-bond donors (Lipinski definition) is 1. The third-order valence-electron chi connectivity index (χ3n) is 6.82. The molecule has 1 aromatic rings. The van der Waals surface area contributed by atoms with Crippen molar-refractivity contribution in [2.24, 2.45) is 5.92 Å². The van der Waals surface area contributed by atoms with Gasteiger partial charge in [-0.15, -0.1) is 0 Å². The van der Waals surface area contributed by atoms with Crippen LogP contribution in [-0.4, -0.2) is 119 Å². The lowest BCUT2D eigenvalue weighted by Crippen LogP contribution is -2.48. The number of piperazine rings is 1. The molecule has 2 amide bonds. The van der Waals surface area contributed by atoms with E-state index in [1.165, 1.54) is 6.26 Å². The molecule has 2 saturated heterocycles. The number of likely N-dealkylation sites (tertiary alicyclic amines) is 1. The average Bonchev–Trinajstić information content (AvgIpc) is 3.32. The lowest BCUT2D eigenvalue weighted by Gasteiger charge is -2.35. The predicted molar refractivity (Wildman–Crippen MR) is 132 cm³/mol. The Morgan fingerprint density at radius 2 is 1.86 bits per heavy atom. The number of amides is 2. The van der Waals surface area contributed by atoms with Gasteiger partial charge in [0.25, 0.3) is 5.91 Å². The maximum atomic E-state index is 13.0. The summed E-state index contributed by atoms with van der Waals surface area (Å²) in [5, 5.41) is 10.2. The summed E-state index contributed by atoms with van der Waals surface area (Å²) in [6.45, 7) is 15.2. The first-order chi connectivity index (χ1) is 16.8. The van der Waals surface area contributed by atoms with Crippen molar-refractivity contribution in [2.75, 3.05) is 65.5 Å². The molecule has 1 N–H and O–H groups in total. The second-order valence-corrected chi connectivity index (χ2v) is 9.84. The Kier molecular flexibility index (Phi) is 10.5. The first-order valence-electron chi connectivity index (χ1n) is 13.1. The molecule has 2 unspecified atom stereocenters. The molecule has 1 aromatic heterocycles. The van der Waals surface area contributed by atoms with E-state index in [4.69, 9.17) is 9.15 Å². The van der Waals surface area contributed by atoms with Crippen LogP contribution >= 0.6 is 0 Å². The van der Waals surface area contributed by atoms with Gasteiger partial charge in [-0.05, 0) is 40.5 Å². The van der Waals surface area contributed by atoms with E-state index in [-0.39, 0.29) is 23.8 Å². The summed E-state index contributed by atoms with van der Waals surface area (Å²) < 4.78 is 11.1. The Morgan fingerprint density at radius 3 is 2.51 bits per heavy atom. The van der Waals surface area contributed by atoms with Crippen LogP contribution < -0.4 is 0 Å². The highest BCUT2D eigenvalue weighted by molar-refractivity contribution is 5.92. The van der Waals surface area contributed by atoms with Crippen LogP contribution in [0.15, 0.2) is 10.7 Å². The zero-order valence-corrected chi connectivity index (χ0v) is 21.8. The molecule has 0 aromatic carbocycles. The topological polar surface area (TPSA) is 103 Å². The van der Waals surface area contributed by atoms with Crippen LogP contribution in [0.2, 0.25) is 0 Å². The van der Waals surface area contributed by atoms with E-state index in [1.807, 2.05) is 32.6 Å². The largest absolute Gasteiger partial charge is 0.447 e. The smallest absolute Gasteiger partial charge is 0.275 e. The van der Waals surface area contributed by atoms with E-state index < -0.39 is 6.10 Å². The number of aliphatic hydroxyl groups excluding tert-OH is 1. The number of ether oxygens (including phenoxy) is 1. The summed E-state index contributed by atoms with van der Waals surface area (Å²) in [6.07, 6.45) is 2.70. The van der Waals surface area contributed by atoms with Crippen LogP contribution in [0.1, 0.15) is 56.9 Å². The second-order valence-electron chi connectivity index (χ2n) is 9.84. The standard InChI is InChI=1S/C25H43N5O5/c1-5-29(6-2)24(32)20-8-7-9-30(14-20)25(33)22-18-35-23(26-22)16-28-12-10-27(11-13-28)15-21(31)17-34-19(3)4/h18-21,31H,5-17H2,1-4H3. The molecular weight excluding hydrogens is 450 g/mol. The molecule has 3 rings (SSSR count). The molecule has 35 heavy (non-hydrogen) atoms. The van der Waals surface area contributed by atoms with E-state index in [2.05, 4.69) is 14.8 Å². The van der Waals surface area contributed by atoms with E-state index in [0.717, 1.165) is 39.0 Å². The van der Waals surface area contributed by atoms with Crippen molar-refractivity contribution < 1.29 is 23.8 Å². The third-order valence-corrected chi connectivity index (χ3v) is 6.82. The number of piperidine rings is 1. The highest BCUT2D eigenvalue weighted by Crippen LogP contribution is 2.21. The van der Waals surface area contributed by atoms with Crippen molar-refractivity contribution in [3.05, 3.63) is 17.8 Å². The summed E-state index contributed by atoms with van der Waals surface area (Å²) in [4.78, 5) is 38.3. The molecule has 2 fully saturated rings. The third kappa shape index (κ3) is 7.99. The summed E-state index contributed by atoms with van der Waals surface area (Å²) in [6, 6.07) is 0. The minimum absolute atomic E-state index is 0.116. The van der Waals surface area contributed by atoms with Crippen molar-refractivity contribution in [3.8, 4) is 0 Å². The van der Waals surface area contributed by atoms with E-state index in [9.17, 15) is 14.7 Å². The van der Waals surface area contributed by atoms with Crippen molar-refractivity contribution in [1.82, 2.24) is 24.6 Å². The van der Waals surface area contributed by atoms with Gasteiger partial charge in [0.15, 0.2) is 5.69 Å². The number of oxazole rings is 1. The second kappa shape index (κ2) is 13.3. The number of aromatic nitrogens is 1. The number of aliphatic hydroxyl groups is 1. The SMILES string of the molecule is CCN(CC)C(=O)C1CCCN(C(=O)c2coc(CN3CCN(CC(O)COC(C)C)CC3)n2)C1. The highest BCUT2D eigenvalue weighted by atomic mass is 16.5. The number of carbonyl (C=O) groups is 2. The minimum Gasteiger partial charge on any atom is -0.447 e. The molecule has 2 aliphatic heterocycles. The fourth-order valence-corrected chi connectivity index (χ4v) is 4.78. The molecule has 0 bridgehead atoms. The van der Waals surface area contributed by atoms with Crippen LogP contribution in [0.5, 0.6) is 0 Å². The summed E-state index contributed by atoms with van der Waals surface area (Å²) in [5.41, 5.74) is 0.308. The van der Waals surface area contributed by atoms with Gasteiger partial charge in [0.2, 0.25) is 11.8 Å². The molecule has 3 heterocycles. The van der Waals surface area contributed by atoms with Crippen molar-refractivity contribution in [1.29, 1.82) is 0 Å². The van der Waals surface area contributed by atoms with E-state index in [0.29, 0.717) is 57.5 Å². The Balaban J connectivity index is 1.45. The molecule has 0 radical (unpaired) electrons. The lowest BCUT2D eigenvalue weighted by atomic mass is 9.96. The Labute approximate surface area is 209 Å². The maximum Gasteiger partial charge on any atom is 0.275 e. The van der Waals surface area contributed by atoms with Gasteiger partial charge in [-0.25, -0.2) is 4.98 Å². The van der Waals surface area contributed by atoms with Crippen LogP contribution in [-0.2, 0) is 16.1 Å². The quantitative estimate of drug-likeness (QED) is 0.492. The molecular formula is C25H43N5O5. The van der Waals surface area contributed by atoms with Crippen LogP contribution in [0.4, 0.5) is 0 Å². The van der Waals surface area contributed by atoms with Gasteiger partial charge in [-0.3, -0.25) is 19.4 Å². The minimum atomic E-state index is -0.485. The van der Waals surface area contributed by atoms with Crippen molar-refractivity contribution in [3.63, 3.8) is 0 Å². The van der Waals surface area contributed by atoms with E-state index in [1.54, 1.807) is 4.90 Å². The Morgan fingerprint density at radius 1 is 1.17 bits per heavy atom. The number of hydrogen-bond acceptors (Lipinski definition) is 8. The molecule has 0 aliphatic carbocycles. The fourth-order valence-electron chi connectivity index (χ4n) is 4.78. The van der Waals surface area contributed by atoms with Gasteiger partial charge >= 0.3 is 0 Å². The van der Waals surface area contributed by atoms with Crippen LogP contribution in [0.3, 0.4) is 0 Å². The van der Waals surface area contributed by atoms with Gasteiger partial charge in [-0.1, -0.05) is 0 Å². The number of nitrogens with zero attached hydrogens (tertiary/aromatic N) is 5. The summed E-state index contributed by atoms with van der Waals surface area (Å²) >= 11 is 0. The van der Waals surface area contributed by atoms with E-state index >= 15 is 0 Å². The molecule has 2 atom stereocenters. The van der Waals surface area contributed by atoms with Gasteiger partial charge < -0.3 is 24.1 Å². The first kappa shape index (κ1) is 27.6. The average molecular weight is 494 g/mol. The molecule has 0 saturated carbocycles. The van der Waals surface area contributed by atoms with Gasteiger partial charge in [0.1, 0.15) is 6.26 Å². The summed E-state index contributed by atoms with van der Waals surface area (Å²) in [7, 11) is 0. The Hall–Kier alpha value is -2.01. The van der Waals surface area contributed by atoms with Gasteiger partial charge in [0, 0.05) is 58.9 Å². The van der Waals surface area contributed by atoms with Crippen LogP contribution in [0, 0.1) is 5.92 Å².